The van der Waals surface area contributed by atoms with Crippen LogP contribution in [0, 0.1) is 0 Å². The van der Waals surface area contributed by atoms with E-state index >= 15 is 0 Å². The Hall–Kier alpha value is -3.01. The molecule has 0 bridgehead atoms. The first-order valence-electron chi connectivity index (χ1n) is 33.4. The van der Waals surface area contributed by atoms with Gasteiger partial charge in [-0.2, -0.15) is 0 Å². The molecule has 0 aliphatic rings. The third-order valence-electron chi connectivity index (χ3n) is 14.7. The van der Waals surface area contributed by atoms with E-state index < -0.39 is 24.3 Å². The quantitative estimate of drug-likeness (QED) is 0.0195. The van der Waals surface area contributed by atoms with Crippen LogP contribution in [0.25, 0.3) is 0 Å². The Morgan fingerprint density at radius 2 is 0.684 bits per heavy atom. The van der Waals surface area contributed by atoms with Crippen LogP contribution >= 0.6 is 0 Å². The number of carboxylic acids is 1. The first-order valence-corrected chi connectivity index (χ1v) is 33.4. The summed E-state index contributed by atoms with van der Waals surface area (Å²) in [6.07, 6.45) is 76.0. The van der Waals surface area contributed by atoms with E-state index in [1.165, 1.54) is 205 Å². The number of allylic oxidation sites excluding steroid dienone is 10. The molecule has 0 amide bonds. The normalized spacial score (nSPS) is 13.1. The van der Waals surface area contributed by atoms with Gasteiger partial charge in [0.25, 0.3) is 0 Å². The summed E-state index contributed by atoms with van der Waals surface area (Å²) in [5, 5.41) is 11.8. The van der Waals surface area contributed by atoms with Crippen molar-refractivity contribution < 1.29 is 42.9 Å². The van der Waals surface area contributed by atoms with Crippen LogP contribution in [0.4, 0.5) is 0 Å². The van der Waals surface area contributed by atoms with Gasteiger partial charge >= 0.3 is 11.9 Å². The minimum absolute atomic E-state index is 0.146. The van der Waals surface area contributed by atoms with Crippen LogP contribution in [0.15, 0.2) is 60.8 Å². The zero-order valence-corrected chi connectivity index (χ0v) is 52.5. The van der Waals surface area contributed by atoms with Crippen molar-refractivity contribution in [1.82, 2.24) is 0 Å². The lowest BCUT2D eigenvalue weighted by Gasteiger charge is -2.26. The van der Waals surface area contributed by atoms with Crippen molar-refractivity contribution in [2.24, 2.45) is 0 Å². The molecule has 460 valence electrons. The van der Waals surface area contributed by atoms with E-state index in [1.54, 1.807) is 0 Å². The second kappa shape index (κ2) is 61.1. The van der Waals surface area contributed by atoms with Crippen LogP contribution in [0.3, 0.4) is 0 Å². The lowest BCUT2D eigenvalue weighted by molar-refractivity contribution is -0.870. The topological polar surface area (TPSA) is 111 Å². The molecule has 0 aliphatic heterocycles. The highest BCUT2D eigenvalue weighted by atomic mass is 16.7. The number of carbonyl (C=O) groups is 3. The van der Waals surface area contributed by atoms with Crippen molar-refractivity contribution in [3.8, 4) is 0 Å². The summed E-state index contributed by atoms with van der Waals surface area (Å²) >= 11 is 0. The van der Waals surface area contributed by atoms with E-state index in [1.807, 2.05) is 21.1 Å². The van der Waals surface area contributed by atoms with Crippen molar-refractivity contribution in [3.63, 3.8) is 0 Å². The van der Waals surface area contributed by atoms with E-state index in [0.29, 0.717) is 17.4 Å². The standard InChI is InChI=1S/C70H127NO8/c1-6-8-10-12-14-16-18-20-22-23-24-25-26-27-28-29-30-31-32-33-34-35-36-37-38-39-40-41-42-43-44-45-47-49-51-53-55-57-59-61-68(73)79-66(65-78-70(69(74)75)76-63-62-71(3,4)5)64-77-67(72)60-58-56-54-52-50-48-46-21-19-17-15-13-11-9-7-2/h15,17-18,20-21,23-24,26-27,46,66,70H,6-14,16,19,22,25,28-45,47-65H2,1-5H3/b17-15-,20-18-,24-23-,27-26-,46-21-. The summed E-state index contributed by atoms with van der Waals surface area (Å²) in [5.74, 6) is -2.29. The van der Waals surface area contributed by atoms with Crippen LogP contribution in [-0.2, 0) is 33.3 Å². The van der Waals surface area contributed by atoms with Crippen LogP contribution in [0.2, 0.25) is 0 Å². The number of ether oxygens (including phenoxy) is 4. The number of carboxylic acid groups (broad SMARTS) is 1. The zero-order valence-electron chi connectivity index (χ0n) is 52.5. The first-order chi connectivity index (χ1) is 38.6. The maximum Gasteiger partial charge on any atom is 0.306 e. The third kappa shape index (κ3) is 62.4. The Bertz CT molecular complexity index is 1480. The van der Waals surface area contributed by atoms with Gasteiger partial charge < -0.3 is 33.3 Å². The predicted molar refractivity (Wildman–Crippen MR) is 334 cm³/mol. The fraction of sp³-hybridized carbons (Fsp3) is 0.814. The predicted octanol–water partition coefficient (Wildman–Crippen LogP) is 19.0. The molecule has 0 aromatic heterocycles. The summed E-state index contributed by atoms with van der Waals surface area (Å²) in [4.78, 5) is 37.3. The molecule has 0 saturated carbocycles. The maximum atomic E-state index is 12.9. The summed E-state index contributed by atoms with van der Waals surface area (Å²) < 4.78 is 22.7. The number of likely N-dealkylation sites (N-methyl/N-ethyl adjacent to an activating group) is 1. The largest absolute Gasteiger partial charge is 0.545 e. The van der Waals surface area contributed by atoms with E-state index in [-0.39, 0.29) is 38.6 Å². The lowest BCUT2D eigenvalue weighted by atomic mass is 10.0. The molecule has 0 heterocycles. The summed E-state index contributed by atoms with van der Waals surface area (Å²) in [6, 6.07) is 0. The van der Waals surface area contributed by atoms with Crippen LogP contribution in [-0.4, -0.2) is 82.3 Å². The van der Waals surface area contributed by atoms with E-state index in [4.69, 9.17) is 18.9 Å². The lowest BCUT2D eigenvalue weighted by Crippen LogP contribution is -2.44. The molecular formula is C70H127NO8. The number of unbranched alkanes of at least 4 members (excludes halogenated alkanes) is 37. The molecule has 0 aliphatic carbocycles. The molecule has 9 heteroatoms. The second-order valence-electron chi connectivity index (χ2n) is 23.8. The summed E-state index contributed by atoms with van der Waals surface area (Å²) in [7, 11) is 5.92. The van der Waals surface area contributed by atoms with Crippen LogP contribution in [0.5, 0.6) is 0 Å². The van der Waals surface area contributed by atoms with Gasteiger partial charge in [0.05, 0.1) is 40.3 Å². The molecule has 0 rings (SSSR count). The summed E-state index contributed by atoms with van der Waals surface area (Å²) in [6.45, 7) is 4.72. The van der Waals surface area contributed by atoms with Gasteiger partial charge in [0, 0.05) is 12.8 Å². The number of hydrogen-bond acceptors (Lipinski definition) is 8. The van der Waals surface area contributed by atoms with Crippen molar-refractivity contribution >= 4 is 17.9 Å². The Morgan fingerprint density at radius 3 is 1.04 bits per heavy atom. The molecule has 2 atom stereocenters. The second-order valence-corrected chi connectivity index (χ2v) is 23.8. The minimum Gasteiger partial charge on any atom is -0.545 e. The maximum absolute atomic E-state index is 12.9. The molecule has 0 fully saturated rings. The molecule has 0 aromatic rings. The summed E-state index contributed by atoms with van der Waals surface area (Å²) in [5.41, 5.74) is 0. The van der Waals surface area contributed by atoms with Crippen molar-refractivity contribution in [3.05, 3.63) is 60.8 Å². The highest BCUT2D eigenvalue weighted by Crippen LogP contribution is 2.18. The fourth-order valence-electron chi connectivity index (χ4n) is 9.58. The van der Waals surface area contributed by atoms with Crippen LogP contribution in [0.1, 0.15) is 309 Å². The van der Waals surface area contributed by atoms with Gasteiger partial charge in [-0.25, -0.2) is 0 Å². The van der Waals surface area contributed by atoms with E-state index in [0.717, 1.165) is 70.6 Å². The number of esters is 2. The molecule has 0 aromatic carbocycles. The number of nitrogens with zero attached hydrogens (tertiary/aromatic N) is 1. The Labute approximate surface area is 488 Å². The van der Waals surface area contributed by atoms with Gasteiger partial charge in [0.1, 0.15) is 13.2 Å². The van der Waals surface area contributed by atoms with Gasteiger partial charge in [-0.15, -0.1) is 0 Å². The molecule has 0 spiro atoms. The van der Waals surface area contributed by atoms with Crippen molar-refractivity contribution in [2.45, 2.75) is 322 Å². The molecule has 79 heavy (non-hydrogen) atoms. The van der Waals surface area contributed by atoms with Crippen LogP contribution < -0.4 is 5.11 Å². The minimum atomic E-state index is -1.62. The molecule has 0 radical (unpaired) electrons. The number of carbonyl (C=O) groups excluding carboxylic acids is 3. The highest BCUT2D eigenvalue weighted by molar-refractivity contribution is 5.70. The van der Waals surface area contributed by atoms with Gasteiger partial charge in [-0.3, -0.25) is 9.59 Å². The zero-order chi connectivity index (χ0) is 57.6. The molecule has 0 N–H and O–H groups in total. The Morgan fingerprint density at radius 1 is 0.380 bits per heavy atom. The van der Waals surface area contributed by atoms with Gasteiger partial charge in [0.15, 0.2) is 12.4 Å². The molecule has 9 nitrogen and oxygen atoms in total. The van der Waals surface area contributed by atoms with Crippen molar-refractivity contribution in [1.29, 1.82) is 0 Å². The average molecular weight is 1110 g/mol. The van der Waals surface area contributed by atoms with E-state index in [2.05, 4.69) is 74.6 Å². The molecule has 2 unspecified atom stereocenters. The SMILES string of the molecule is CCCCC/C=C\C/C=C\CCCCCCCC(=O)OCC(COC(OCC[N+](C)(C)C)C(=O)[O-])OC(=O)CCCCCCCCCCCCCCCCCCCCCCCCCC/C=C\C/C=C\C/C=C\CCCCCCC. The smallest absolute Gasteiger partial charge is 0.306 e. The van der Waals surface area contributed by atoms with Gasteiger partial charge in [-0.05, 0) is 83.5 Å². The number of hydrogen-bond donors (Lipinski definition) is 0. The Kier molecular flexibility index (Phi) is 58.7. The van der Waals surface area contributed by atoms with Gasteiger partial charge in [-0.1, -0.05) is 274 Å². The first kappa shape index (κ1) is 76.0. The molecular weight excluding hydrogens is 983 g/mol. The monoisotopic (exact) mass is 1110 g/mol. The van der Waals surface area contributed by atoms with Gasteiger partial charge in [0.2, 0.25) is 0 Å². The number of aliphatic carboxylic acids is 1. The Balaban J connectivity index is 3.97. The fourth-order valence-corrected chi connectivity index (χ4v) is 9.58. The average Bonchev–Trinajstić information content (AvgIpc) is 3.42. The number of quaternary nitrogens is 1. The number of rotatable bonds is 62. The van der Waals surface area contributed by atoms with Crippen molar-refractivity contribution in [2.75, 3.05) is 47.5 Å². The molecule has 0 saturated heterocycles. The van der Waals surface area contributed by atoms with E-state index in [9.17, 15) is 19.5 Å². The highest BCUT2D eigenvalue weighted by Gasteiger charge is 2.22. The third-order valence-corrected chi connectivity index (χ3v) is 14.7.